The fraction of sp³-hybridized carbons (Fsp3) is 0.571. The molecular weight excluding hydrogens is 215 g/mol. The average molecular weight is 236 g/mol. The average Bonchev–Trinajstić information content (AvgIpc) is 2.35. The molecule has 0 aliphatic heterocycles. The van der Waals surface area contributed by atoms with Crippen molar-refractivity contribution >= 4 is 8.46 Å². The molecule has 0 aliphatic carbocycles. The van der Waals surface area contributed by atoms with E-state index in [-0.39, 0.29) is 14.1 Å². The molecule has 16 heavy (non-hydrogen) atoms. The summed E-state index contributed by atoms with van der Waals surface area (Å²) in [5.74, 6) is 0.543. The summed E-state index contributed by atoms with van der Waals surface area (Å²) in [6, 6.07) is 10.2. The lowest BCUT2D eigenvalue weighted by Crippen LogP contribution is -2.07. The van der Waals surface area contributed by atoms with Crippen LogP contribution in [0.5, 0.6) is 0 Å². The van der Waals surface area contributed by atoms with Crippen molar-refractivity contribution in [3.63, 3.8) is 0 Å². The van der Waals surface area contributed by atoms with Crippen LogP contribution < -0.4 is 0 Å². The third kappa shape index (κ3) is 3.72. The minimum Gasteiger partial charge on any atom is -0.274 e. The molecular formula is C14H21OP. The second kappa shape index (κ2) is 7.57. The molecule has 1 rings (SSSR count). The van der Waals surface area contributed by atoms with Gasteiger partial charge in [0.25, 0.3) is 0 Å². The minimum absolute atomic E-state index is 0.178. The van der Waals surface area contributed by atoms with Crippen molar-refractivity contribution in [1.29, 1.82) is 0 Å². The summed E-state index contributed by atoms with van der Waals surface area (Å²) in [6.07, 6.45) is 4.74. The molecule has 0 radical (unpaired) electrons. The zero-order valence-electron chi connectivity index (χ0n) is 10.2. The highest BCUT2D eigenvalue weighted by Gasteiger charge is 2.21. The monoisotopic (exact) mass is 236 g/mol. The summed E-state index contributed by atoms with van der Waals surface area (Å²) in [5, 5.41) is 0. The summed E-state index contributed by atoms with van der Waals surface area (Å²) < 4.78 is 11.4. The molecule has 1 aromatic carbocycles. The minimum atomic E-state index is 0.178. The van der Waals surface area contributed by atoms with Gasteiger partial charge in [-0.1, -0.05) is 63.4 Å². The zero-order valence-corrected chi connectivity index (χ0v) is 11.1. The molecule has 2 heteroatoms. The first-order valence-electron chi connectivity index (χ1n) is 6.20. The summed E-state index contributed by atoms with van der Waals surface area (Å²) in [7, 11) is 0.265. The Morgan fingerprint density at radius 1 is 1.19 bits per heavy atom. The number of hydrogen-bond donors (Lipinski definition) is 0. The standard InChI is InChI=1S/C14H21OP/c1-3-5-9-12(4-2)14(16-15)13-10-7-6-8-11-13/h6-8,10-12,14H,3-5,9H2,1-2H3. The summed E-state index contributed by atoms with van der Waals surface area (Å²) in [6.45, 7) is 4.40. The van der Waals surface area contributed by atoms with Crippen LogP contribution in [-0.4, -0.2) is 0 Å². The van der Waals surface area contributed by atoms with Crippen molar-refractivity contribution in [1.82, 2.24) is 0 Å². The summed E-state index contributed by atoms with van der Waals surface area (Å²) in [4.78, 5) is 0. The normalized spacial score (nSPS) is 14.9. The quantitative estimate of drug-likeness (QED) is 0.592. The number of rotatable bonds is 7. The molecule has 0 heterocycles. The molecule has 0 aromatic heterocycles. The Bertz CT molecular complexity index is 297. The van der Waals surface area contributed by atoms with E-state index in [4.69, 9.17) is 0 Å². The second-order valence-corrected chi connectivity index (χ2v) is 5.04. The lowest BCUT2D eigenvalue weighted by Gasteiger charge is -2.20. The Kier molecular flexibility index (Phi) is 6.33. The van der Waals surface area contributed by atoms with Crippen molar-refractivity contribution in [2.45, 2.75) is 45.2 Å². The molecule has 0 saturated carbocycles. The van der Waals surface area contributed by atoms with E-state index in [1.807, 2.05) is 18.2 Å². The van der Waals surface area contributed by atoms with Crippen molar-refractivity contribution in [3.05, 3.63) is 35.9 Å². The molecule has 0 spiro atoms. The SMILES string of the molecule is CCCCC(CC)C(P=O)c1ccccc1. The molecule has 0 aliphatic rings. The van der Waals surface area contributed by atoms with Gasteiger partial charge in [-0.25, -0.2) is 0 Å². The van der Waals surface area contributed by atoms with E-state index in [2.05, 4.69) is 26.0 Å². The van der Waals surface area contributed by atoms with Crippen LogP contribution in [0.4, 0.5) is 0 Å². The first-order chi connectivity index (χ1) is 7.83. The van der Waals surface area contributed by atoms with Crippen LogP contribution in [0.3, 0.4) is 0 Å². The fourth-order valence-electron chi connectivity index (χ4n) is 2.12. The predicted molar refractivity (Wildman–Crippen MR) is 70.1 cm³/mol. The van der Waals surface area contributed by atoms with E-state index in [1.54, 1.807) is 0 Å². The van der Waals surface area contributed by atoms with Gasteiger partial charge < -0.3 is 0 Å². The number of benzene rings is 1. The van der Waals surface area contributed by atoms with Crippen LogP contribution in [0.2, 0.25) is 0 Å². The molecule has 0 amide bonds. The van der Waals surface area contributed by atoms with Gasteiger partial charge in [-0.3, -0.25) is 4.57 Å². The van der Waals surface area contributed by atoms with Gasteiger partial charge in [-0.15, -0.1) is 0 Å². The molecule has 2 atom stereocenters. The van der Waals surface area contributed by atoms with Gasteiger partial charge in [-0.2, -0.15) is 0 Å². The zero-order chi connectivity index (χ0) is 11.8. The van der Waals surface area contributed by atoms with Crippen LogP contribution >= 0.6 is 8.46 Å². The summed E-state index contributed by atoms with van der Waals surface area (Å²) in [5.41, 5.74) is 1.39. The third-order valence-corrected chi connectivity index (χ3v) is 4.10. The predicted octanol–water partition coefficient (Wildman–Crippen LogP) is 5.24. The largest absolute Gasteiger partial charge is 0.274 e. The van der Waals surface area contributed by atoms with Crippen molar-refractivity contribution < 1.29 is 4.57 Å². The van der Waals surface area contributed by atoms with Gasteiger partial charge in [0.15, 0.2) is 8.46 Å². The maximum absolute atomic E-state index is 11.4. The molecule has 0 fully saturated rings. The van der Waals surface area contributed by atoms with E-state index in [0.29, 0.717) is 5.92 Å². The lowest BCUT2D eigenvalue weighted by molar-refractivity contribution is 0.432. The van der Waals surface area contributed by atoms with E-state index >= 15 is 0 Å². The first kappa shape index (κ1) is 13.4. The molecule has 0 N–H and O–H groups in total. The van der Waals surface area contributed by atoms with E-state index < -0.39 is 0 Å². The molecule has 1 aromatic rings. The lowest BCUT2D eigenvalue weighted by atomic mass is 9.91. The smallest absolute Gasteiger partial charge is 0.163 e. The van der Waals surface area contributed by atoms with Gasteiger partial charge in [0, 0.05) is 0 Å². The number of hydrogen-bond acceptors (Lipinski definition) is 1. The highest BCUT2D eigenvalue weighted by molar-refractivity contribution is 7.24. The Morgan fingerprint density at radius 2 is 1.88 bits per heavy atom. The number of unbranched alkanes of at least 4 members (excludes halogenated alkanes) is 1. The van der Waals surface area contributed by atoms with Crippen LogP contribution in [0.15, 0.2) is 30.3 Å². The van der Waals surface area contributed by atoms with Gasteiger partial charge in [0.1, 0.15) is 0 Å². The Hall–Kier alpha value is -0.680. The Labute approximate surface area is 100 Å². The maximum atomic E-state index is 11.4. The van der Waals surface area contributed by atoms with Crippen molar-refractivity contribution in [2.24, 2.45) is 5.92 Å². The topological polar surface area (TPSA) is 17.1 Å². The van der Waals surface area contributed by atoms with Crippen LogP contribution in [0, 0.1) is 5.92 Å². The van der Waals surface area contributed by atoms with Crippen molar-refractivity contribution in [2.75, 3.05) is 0 Å². The summed E-state index contributed by atoms with van der Waals surface area (Å²) >= 11 is 0. The Balaban J connectivity index is 2.75. The van der Waals surface area contributed by atoms with Crippen LogP contribution in [0.25, 0.3) is 0 Å². The molecule has 1 nitrogen and oxygen atoms in total. The van der Waals surface area contributed by atoms with E-state index in [9.17, 15) is 4.57 Å². The van der Waals surface area contributed by atoms with Crippen LogP contribution in [0.1, 0.15) is 50.8 Å². The maximum Gasteiger partial charge on any atom is 0.163 e. The molecule has 88 valence electrons. The van der Waals surface area contributed by atoms with E-state index in [1.165, 1.54) is 24.8 Å². The fourth-order valence-corrected chi connectivity index (χ4v) is 2.95. The van der Waals surface area contributed by atoms with E-state index in [0.717, 1.165) is 6.42 Å². The third-order valence-electron chi connectivity index (χ3n) is 3.15. The highest BCUT2D eigenvalue weighted by Crippen LogP contribution is 2.38. The highest BCUT2D eigenvalue weighted by atomic mass is 31.1. The molecule has 0 saturated heterocycles. The molecule has 0 bridgehead atoms. The van der Waals surface area contributed by atoms with Crippen molar-refractivity contribution in [3.8, 4) is 0 Å². The van der Waals surface area contributed by atoms with Crippen LogP contribution in [-0.2, 0) is 4.57 Å². The van der Waals surface area contributed by atoms with Gasteiger partial charge in [0.2, 0.25) is 0 Å². The Morgan fingerprint density at radius 3 is 2.38 bits per heavy atom. The molecule has 2 unspecified atom stereocenters. The van der Waals surface area contributed by atoms with Gasteiger partial charge in [-0.05, 0) is 17.9 Å². The van der Waals surface area contributed by atoms with Gasteiger partial charge >= 0.3 is 0 Å². The second-order valence-electron chi connectivity index (χ2n) is 4.27. The van der Waals surface area contributed by atoms with Gasteiger partial charge in [0.05, 0.1) is 5.66 Å². The first-order valence-corrected chi connectivity index (χ1v) is 7.09.